The van der Waals surface area contributed by atoms with Gasteiger partial charge in [0.25, 0.3) is 0 Å². The standard InChI is InChI=1S/C31H32ClF2NO6S2.CH4/c1-3-22-16-24-25-18-41-30-27(34)13-12-26(33)29(30)31(25,42(36,37)23-10-6-20(32)7-11-23)15-14-28(24)35(43(22,38)39)17-19-4-8-21(40-2)9-5-19;/h4-13,22,24-25,28H,3,14-18H2,1-2H3;1H4/t22-,24+,25+,28-,31+;/m1./s1. The van der Waals surface area contributed by atoms with Crippen molar-refractivity contribution in [3.63, 3.8) is 0 Å². The van der Waals surface area contributed by atoms with Crippen LogP contribution in [-0.4, -0.2) is 46.1 Å². The number of sulfonamides is 1. The zero-order valence-electron chi connectivity index (χ0n) is 23.7. The highest BCUT2D eigenvalue weighted by molar-refractivity contribution is 7.92. The van der Waals surface area contributed by atoms with Crippen molar-refractivity contribution < 1.29 is 35.1 Å². The van der Waals surface area contributed by atoms with Gasteiger partial charge in [-0.1, -0.05) is 38.1 Å². The SMILES string of the molecule is C.CC[C@@H]1C[C@@H]2[C@@H](CC[C@@]3(S(=O)(=O)c4ccc(Cl)cc4)c4c(F)ccc(F)c4OC[C@@H]23)N(Cc2ccc(OC)cc2)S1(=O)=O. The number of methoxy groups -OCH3 is 1. The van der Waals surface area contributed by atoms with Gasteiger partial charge in [-0.15, -0.1) is 0 Å². The van der Waals surface area contributed by atoms with E-state index < -0.39 is 65.1 Å². The van der Waals surface area contributed by atoms with Gasteiger partial charge in [-0.05, 0) is 85.7 Å². The van der Waals surface area contributed by atoms with E-state index in [1.807, 2.05) is 0 Å². The lowest BCUT2D eigenvalue weighted by Gasteiger charge is -2.57. The average Bonchev–Trinajstić information content (AvgIpc) is 2.99. The Hall–Kier alpha value is -2.73. The first-order valence-corrected chi connectivity index (χ1v) is 17.6. The molecule has 2 fully saturated rings. The van der Waals surface area contributed by atoms with Crippen LogP contribution in [0.3, 0.4) is 0 Å². The summed E-state index contributed by atoms with van der Waals surface area (Å²) in [6, 6.07) is 14.1. The van der Waals surface area contributed by atoms with Crippen molar-refractivity contribution in [3.05, 3.63) is 88.4 Å². The number of ether oxygens (including phenoxy) is 2. The number of sulfone groups is 1. The highest BCUT2D eigenvalue weighted by Crippen LogP contribution is 2.60. The molecular weight excluding hydrogens is 632 g/mol. The fourth-order valence-electron chi connectivity index (χ4n) is 7.46. The predicted molar refractivity (Wildman–Crippen MR) is 165 cm³/mol. The number of rotatable bonds is 6. The van der Waals surface area contributed by atoms with E-state index in [1.54, 1.807) is 38.3 Å². The molecule has 44 heavy (non-hydrogen) atoms. The van der Waals surface area contributed by atoms with Crippen molar-refractivity contribution in [1.82, 2.24) is 4.31 Å². The lowest BCUT2D eigenvalue weighted by Crippen LogP contribution is -2.64. The van der Waals surface area contributed by atoms with E-state index in [-0.39, 0.29) is 50.3 Å². The third-order valence-electron chi connectivity index (χ3n) is 9.52. The molecule has 1 saturated heterocycles. The molecular formula is C32H36ClF2NO6S2. The van der Waals surface area contributed by atoms with E-state index >= 15 is 8.78 Å². The molecule has 0 N–H and O–H groups in total. The summed E-state index contributed by atoms with van der Waals surface area (Å²) in [7, 11) is -6.58. The van der Waals surface area contributed by atoms with Crippen LogP contribution in [0.2, 0.25) is 5.02 Å². The van der Waals surface area contributed by atoms with Crippen LogP contribution in [0.1, 0.15) is 51.2 Å². The Bertz CT molecular complexity index is 1750. The van der Waals surface area contributed by atoms with E-state index in [1.165, 1.54) is 28.6 Å². The lowest BCUT2D eigenvalue weighted by atomic mass is 9.64. The minimum absolute atomic E-state index is 0. The number of hydrogen-bond donors (Lipinski definition) is 0. The Labute approximate surface area is 263 Å². The van der Waals surface area contributed by atoms with Crippen molar-refractivity contribution in [2.45, 2.75) is 67.5 Å². The monoisotopic (exact) mass is 667 g/mol. The Balaban J connectivity index is 0.00000384. The molecule has 2 heterocycles. The van der Waals surface area contributed by atoms with Crippen molar-refractivity contribution in [2.24, 2.45) is 11.8 Å². The molecule has 3 aromatic carbocycles. The Morgan fingerprint density at radius 2 is 1.70 bits per heavy atom. The molecule has 1 aliphatic carbocycles. The van der Waals surface area contributed by atoms with Crippen LogP contribution in [0.25, 0.3) is 0 Å². The van der Waals surface area contributed by atoms with Crippen molar-refractivity contribution in [1.29, 1.82) is 0 Å². The first kappa shape index (κ1) is 32.7. The molecule has 238 valence electrons. The number of fused-ring (bicyclic) bond motifs is 5. The molecule has 12 heteroatoms. The molecule has 0 unspecified atom stereocenters. The van der Waals surface area contributed by atoms with Crippen LogP contribution >= 0.6 is 11.6 Å². The van der Waals surface area contributed by atoms with E-state index in [4.69, 9.17) is 21.1 Å². The van der Waals surface area contributed by atoms with Crippen molar-refractivity contribution in [2.75, 3.05) is 13.7 Å². The third-order valence-corrected chi connectivity index (χ3v) is 14.8. The van der Waals surface area contributed by atoms with Crippen molar-refractivity contribution >= 4 is 31.5 Å². The normalized spacial score (nSPS) is 27.6. The smallest absolute Gasteiger partial charge is 0.217 e. The largest absolute Gasteiger partial charge is 0.497 e. The summed E-state index contributed by atoms with van der Waals surface area (Å²) in [6.07, 6.45) is 0.511. The fourth-order valence-corrected chi connectivity index (χ4v) is 12.2. The van der Waals surface area contributed by atoms with Gasteiger partial charge < -0.3 is 9.47 Å². The molecule has 0 amide bonds. The number of hydrogen-bond acceptors (Lipinski definition) is 6. The van der Waals surface area contributed by atoms with Crippen LogP contribution in [0.5, 0.6) is 11.5 Å². The van der Waals surface area contributed by atoms with Gasteiger partial charge in [0.1, 0.15) is 16.3 Å². The Morgan fingerprint density at radius 1 is 1.05 bits per heavy atom. The van der Waals surface area contributed by atoms with Crippen LogP contribution in [-0.2, 0) is 31.2 Å². The summed E-state index contributed by atoms with van der Waals surface area (Å²) in [5.41, 5.74) is 0.434. The quantitative estimate of drug-likeness (QED) is 0.290. The van der Waals surface area contributed by atoms with Gasteiger partial charge in [0, 0.05) is 23.5 Å². The fraction of sp³-hybridized carbons (Fsp3) is 0.438. The topological polar surface area (TPSA) is 90.0 Å². The lowest BCUT2D eigenvalue weighted by molar-refractivity contribution is 0.0146. The highest BCUT2D eigenvalue weighted by atomic mass is 35.5. The average molecular weight is 668 g/mol. The summed E-state index contributed by atoms with van der Waals surface area (Å²) >= 11 is 6.07. The zero-order valence-corrected chi connectivity index (χ0v) is 26.1. The van der Waals surface area contributed by atoms with Gasteiger partial charge in [-0.2, -0.15) is 4.31 Å². The summed E-state index contributed by atoms with van der Waals surface area (Å²) in [4.78, 5) is -0.0672. The molecule has 7 nitrogen and oxygen atoms in total. The second-order valence-electron chi connectivity index (χ2n) is 11.5. The highest BCUT2D eigenvalue weighted by Gasteiger charge is 2.65. The maximum atomic E-state index is 15.8. The Morgan fingerprint density at radius 3 is 2.34 bits per heavy atom. The molecule has 0 radical (unpaired) electrons. The van der Waals surface area contributed by atoms with E-state index in [2.05, 4.69) is 0 Å². The van der Waals surface area contributed by atoms with Gasteiger partial charge in [0.05, 0.1) is 29.4 Å². The zero-order chi connectivity index (χ0) is 30.7. The molecule has 0 aromatic heterocycles. The first-order chi connectivity index (χ1) is 20.4. The predicted octanol–water partition coefficient (Wildman–Crippen LogP) is 6.73. The van der Waals surface area contributed by atoms with E-state index in [9.17, 15) is 16.8 Å². The Kier molecular flexibility index (Phi) is 8.82. The minimum atomic E-state index is -4.37. The van der Waals surface area contributed by atoms with Crippen LogP contribution < -0.4 is 9.47 Å². The number of benzene rings is 3. The van der Waals surface area contributed by atoms with Crippen molar-refractivity contribution in [3.8, 4) is 11.5 Å². The maximum Gasteiger partial charge on any atom is 0.217 e. The molecule has 3 aliphatic rings. The molecule has 3 aromatic rings. The number of nitrogens with zero attached hydrogens (tertiary/aromatic N) is 1. The van der Waals surface area contributed by atoms with Gasteiger partial charge in [0.2, 0.25) is 10.0 Å². The minimum Gasteiger partial charge on any atom is -0.497 e. The molecule has 6 rings (SSSR count). The van der Waals surface area contributed by atoms with Gasteiger partial charge in [-0.3, -0.25) is 0 Å². The first-order valence-electron chi connectivity index (χ1n) is 14.2. The van der Waals surface area contributed by atoms with Crippen LogP contribution in [0, 0.1) is 23.5 Å². The van der Waals surface area contributed by atoms with Crippen LogP contribution in [0.4, 0.5) is 8.78 Å². The molecule has 2 aliphatic heterocycles. The van der Waals surface area contributed by atoms with E-state index in [0.29, 0.717) is 17.2 Å². The summed E-state index contributed by atoms with van der Waals surface area (Å²) in [5.74, 6) is -2.84. The summed E-state index contributed by atoms with van der Waals surface area (Å²) in [6.45, 7) is 1.68. The van der Waals surface area contributed by atoms with Gasteiger partial charge in [-0.25, -0.2) is 25.6 Å². The molecule has 0 bridgehead atoms. The molecule has 1 saturated carbocycles. The number of halogens is 3. The maximum absolute atomic E-state index is 15.8. The third kappa shape index (κ3) is 4.91. The van der Waals surface area contributed by atoms with E-state index in [0.717, 1.165) is 17.7 Å². The summed E-state index contributed by atoms with van der Waals surface area (Å²) in [5, 5.41) is -0.446. The summed E-state index contributed by atoms with van der Waals surface area (Å²) < 4.78 is 99.0. The van der Waals surface area contributed by atoms with Gasteiger partial charge in [0.15, 0.2) is 21.4 Å². The molecule has 5 atom stereocenters. The van der Waals surface area contributed by atoms with Gasteiger partial charge >= 0.3 is 0 Å². The second-order valence-corrected chi connectivity index (χ2v) is 16.3. The second kappa shape index (κ2) is 11.9. The van der Waals surface area contributed by atoms with Crippen LogP contribution in [0.15, 0.2) is 65.6 Å². The molecule has 0 spiro atoms.